The first-order valence-corrected chi connectivity index (χ1v) is 6.38. The van der Waals surface area contributed by atoms with Crippen molar-refractivity contribution < 1.29 is 9.90 Å². The molecule has 0 bridgehead atoms. The van der Waals surface area contributed by atoms with Crippen LogP contribution in [-0.2, 0) is 0 Å². The van der Waals surface area contributed by atoms with E-state index < -0.39 is 0 Å². The van der Waals surface area contributed by atoms with Gasteiger partial charge in [0.05, 0.1) is 12.6 Å². The molecule has 1 N–H and O–H groups in total. The van der Waals surface area contributed by atoms with Crippen LogP contribution in [0.5, 0.6) is 0 Å². The van der Waals surface area contributed by atoms with Crippen molar-refractivity contribution in [3.05, 3.63) is 0 Å². The van der Waals surface area contributed by atoms with E-state index in [1.165, 1.54) is 6.42 Å². The second-order valence-corrected chi connectivity index (χ2v) is 5.15. The molecule has 0 spiro atoms. The van der Waals surface area contributed by atoms with E-state index in [2.05, 4.69) is 6.92 Å². The van der Waals surface area contributed by atoms with Crippen LogP contribution in [0.3, 0.4) is 0 Å². The highest BCUT2D eigenvalue weighted by molar-refractivity contribution is 5.75. The number of aliphatic hydroxyl groups is 1. The molecular weight excluding hydrogens is 204 g/mol. The second kappa shape index (κ2) is 5.04. The molecule has 1 unspecified atom stereocenters. The van der Waals surface area contributed by atoms with Crippen LogP contribution >= 0.6 is 0 Å². The number of rotatable bonds is 1. The standard InChI is InChI=1S/C12H22N2O2/c1-10-4-2-6-13(8-10)12(16)14-7-3-5-11(14)9-15/h10-11,15H,2-9H2,1H3/t10?,11-/m0/s1. The largest absolute Gasteiger partial charge is 0.394 e. The minimum atomic E-state index is 0.0599. The van der Waals surface area contributed by atoms with Crippen molar-refractivity contribution in [2.75, 3.05) is 26.2 Å². The third kappa shape index (κ3) is 2.32. The van der Waals surface area contributed by atoms with Crippen LogP contribution in [0, 0.1) is 5.92 Å². The molecule has 0 aromatic carbocycles. The molecule has 92 valence electrons. The Hall–Kier alpha value is -0.770. The van der Waals surface area contributed by atoms with Gasteiger partial charge in [-0.2, -0.15) is 0 Å². The molecule has 0 aliphatic carbocycles. The molecule has 2 fully saturated rings. The Bertz CT molecular complexity index is 257. The van der Waals surface area contributed by atoms with E-state index in [0.717, 1.165) is 38.9 Å². The molecule has 2 aliphatic rings. The zero-order valence-electron chi connectivity index (χ0n) is 10.1. The van der Waals surface area contributed by atoms with E-state index in [9.17, 15) is 9.90 Å². The number of hydrogen-bond acceptors (Lipinski definition) is 2. The zero-order valence-corrected chi connectivity index (χ0v) is 10.1. The maximum atomic E-state index is 12.3. The van der Waals surface area contributed by atoms with Gasteiger partial charge in [0.15, 0.2) is 0 Å². The highest BCUT2D eigenvalue weighted by Gasteiger charge is 2.32. The summed E-state index contributed by atoms with van der Waals surface area (Å²) in [5.41, 5.74) is 0. The summed E-state index contributed by atoms with van der Waals surface area (Å²) in [6.07, 6.45) is 4.32. The lowest BCUT2D eigenvalue weighted by molar-refractivity contribution is 0.110. The number of carbonyl (C=O) groups excluding carboxylic acids is 1. The third-order valence-corrected chi connectivity index (χ3v) is 3.76. The summed E-state index contributed by atoms with van der Waals surface area (Å²) in [6, 6.07) is 0.202. The van der Waals surface area contributed by atoms with Gasteiger partial charge in [0.1, 0.15) is 0 Å². The Kier molecular flexibility index (Phi) is 3.69. The number of urea groups is 1. The molecule has 0 saturated carbocycles. The van der Waals surface area contributed by atoms with E-state index in [0.29, 0.717) is 5.92 Å². The number of aliphatic hydroxyl groups excluding tert-OH is 1. The highest BCUT2D eigenvalue weighted by atomic mass is 16.3. The lowest BCUT2D eigenvalue weighted by Gasteiger charge is -2.35. The molecule has 2 atom stereocenters. The van der Waals surface area contributed by atoms with Crippen LogP contribution in [0.25, 0.3) is 0 Å². The minimum absolute atomic E-state index is 0.0599. The molecule has 4 heteroatoms. The molecule has 16 heavy (non-hydrogen) atoms. The fourth-order valence-corrected chi connectivity index (χ4v) is 2.82. The molecule has 2 saturated heterocycles. The summed E-state index contributed by atoms with van der Waals surface area (Å²) in [7, 11) is 0. The van der Waals surface area contributed by atoms with E-state index >= 15 is 0 Å². The predicted molar refractivity (Wildman–Crippen MR) is 62.2 cm³/mol. The number of hydrogen-bond donors (Lipinski definition) is 1. The molecule has 2 heterocycles. The van der Waals surface area contributed by atoms with Crippen molar-refractivity contribution in [1.82, 2.24) is 9.80 Å². The Morgan fingerprint density at radius 3 is 2.75 bits per heavy atom. The summed E-state index contributed by atoms with van der Waals surface area (Å²) in [4.78, 5) is 16.1. The van der Waals surface area contributed by atoms with Crippen LogP contribution in [0.1, 0.15) is 32.6 Å². The lowest BCUT2D eigenvalue weighted by Crippen LogP contribution is -2.49. The summed E-state index contributed by atoms with van der Waals surface area (Å²) < 4.78 is 0. The van der Waals surface area contributed by atoms with Crippen LogP contribution in [0.2, 0.25) is 0 Å². The van der Waals surface area contributed by atoms with Crippen molar-refractivity contribution in [3.63, 3.8) is 0 Å². The predicted octanol–water partition coefficient (Wildman–Crippen LogP) is 1.30. The maximum Gasteiger partial charge on any atom is 0.320 e. The number of piperidine rings is 1. The summed E-state index contributed by atoms with van der Waals surface area (Å²) >= 11 is 0. The first kappa shape index (κ1) is 11.7. The molecular formula is C12H22N2O2. The molecule has 0 radical (unpaired) electrons. The lowest BCUT2D eigenvalue weighted by atomic mass is 10.0. The van der Waals surface area contributed by atoms with Crippen molar-refractivity contribution in [3.8, 4) is 0 Å². The fourth-order valence-electron chi connectivity index (χ4n) is 2.82. The SMILES string of the molecule is CC1CCCN(C(=O)N2CCC[C@H]2CO)C1. The van der Waals surface area contributed by atoms with Gasteiger partial charge < -0.3 is 14.9 Å². The van der Waals surface area contributed by atoms with Gasteiger partial charge in [-0.15, -0.1) is 0 Å². The zero-order chi connectivity index (χ0) is 11.5. The number of likely N-dealkylation sites (tertiary alicyclic amines) is 2. The van der Waals surface area contributed by atoms with Crippen molar-refractivity contribution >= 4 is 6.03 Å². The van der Waals surface area contributed by atoms with Crippen LogP contribution < -0.4 is 0 Å². The van der Waals surface area contributed by atoms with Gasteiger partial charge in [-0.3, -0.25) is 0 Å². The smallest absolute Gasteiger partial charge is 0.320 e. The van der Waals surface area contributed by atoms with E-state index in [4.69, 9.17) is 0 Å². The van der Waals surface area contributed by atoms with E-state index in [1.807, 2.05) is 9.80 Å². The highest BCUT2D eigenvalue weighted by Crippen LogP contribution is 2.22. The quantitative estimate of drug-likeness (QED) is 0.732. The van der Waals surface area contributed by atoms with Gasteiger partial charge in [0, 0.05) is 19.6 Å². The van der Waals surface area contributed by atoms with Gasteiger partial charge in [-0.1, -0.05) is 6.92 Å². The summed E-state index contributed by atoms with van der Waals surface area (Å²) in [6.45, 7) is 4.89. The van der Waals surface area contributed by atoms with Gasteiger partial charge >= 0.3 is 6.03 Å². The molecule has 2 rings (SSSR count). The number of nitrogens with zero attached hydrogens (tertiary/aromatic N) is 2. The van der Waals surface area contributed by atoms with Crippen LogP contribution in [-0.4, -0.2) is 53.2 Å². The monoisotopic (exact) mass is 226 g/mol. The van der Waals surface area contributed by atoms with Gasteiger partial charge in [-0.05, 0) is 31.6 Å². The average Bonchev–Trinajstić information content (AvgIpc) is 2.76. The molecule has 4 nitrogen and oxygen atoms in total. The topological polar surface area (TPSA) is 43.8 Å². The Morgan fingerprint density at radius 1 is 1.31 bits per heavy atom. The average molecular weight is 226 g/mol. The summed E-state index contributed by atoms with van der Waals surface area (Å²) in [5.74, 6) is 0.618. The van der Waals surface area contributed by atoms with Crippen molar-refractivity contribution in [1.29, 1.82) is 0 Å². The van der Waals surface area contributed by atoms with E-state index in [1.54, 1.807) is 0 Å². The Labute approximate surface area is 97.2 Å². The Balaban J connectivity index is 1.95. The normalized spacial score (nSPS) is 30.9. The fraction of sp³-hybridized carbons (Fsp3) is 0.917. The van der Waals surface area contributed by atoms with Crippen LogP contribution in [0.15, 0.2) is 0 Å². The summed E-state index contributed by atoms with van der Waals surface area (Å²) in [5, 5.41) is 9.22. The molecule has 0 aromatic heterocycles. The van der Waals surface area contributed by atoms with Crippen LogP contribution in [0.4, 0.5) is 4.79 Å². The first-order chi connectivity index (χ1) is 7.72. The molecule has 0 aromatic rings. The molecule has 2 aliphatic heterocycles. The van der Waals surface area contributed by atoms with E-state index in [-0.39, 0.29) is 18.7 Å². The van der Waals surface area contributed by atoms with Gasteiger partial charge in [0.25, 0.3) is 0 Å². The van der Waals surface area contributed by atoms with Crippen molar-refractivity contribution in [2.24, 2.45) is 5.92 Å². The van der Waals surface area contributed by atoms with Crippen molar-refractivity contribution in [2.45, 2.75) is 38.6 Å². The number of amides is 2. The first-order valence-electron chi connectivity index (χ1n) is 6.38. The maximum absolute atomic E-state index is 12.3. The Morgan fingerprint density at radius 2 is 2.06 bits per heavy atom. The second-order valence-electron chi connectivity index (χ2n) is 5.15. The molecule has 2 amide bonds. The van der Waals surface area contributed by atoms with Gasteiger partial charge in [-0.25, -0.2) is 4.79 Å². The van der Waals surface area contributed by atoms with Gasteiger partial charge in [0.2, 0.25) is 0 Å². The minimum Gasteiger partial charge on any atom is -0.394 e. The number of carbonyl (C=O) groups is 1. The third-order valence-electron chi connectivity index (χ3n) is 3.76.